The number of thiophene rings is 1. The van der Waals surface area contributed by atoms with Gasteiger partial charge in [-0.25, -0.2) is 8.78 Å². The molecule has 2 aliphatic rings. The van der Waals surface area contributed by atoms with Gasteiger partial charge in [0, 0.05) is 41.2 Å². The Kier molecular flexibility index (Phi) is 3.85. The van der Waals surface area contributed by atoms with Crippen molar-refractivity contribution in [2.45, 2.75) is 44.3 Å². The van der Waals surface area contributed by atoms with Crippen molar-refractivity contribution in [1.29, 1.82) is 0 Å². The molecular formula is C17H20F2N4O2S. The molecule has 6 nitrogen and oxygen atoms in total. The highest BCUT2D eigenvalue weighted by atomic mass is 32.1. The van der Waals surface area contributed by atoms with Gasteiger partial charge in [0.05, 0.1) is 24.0 Å². The van der Waals surface area contributed by atoms with E-state index in [4.69, 9.17) is 0 Å². The van der Waals surface area contributed by atoms with Crippen molar-refractivity contribution in [3.05, 3.63) is 22.8 Å². The Morgan fingerprint density at radius 2 is 2.23 bits per heavy atom. The van der Waals surface area contributed by atoms with Crippen LogP contribution < -0.4 is 10.2 Å². The summed E-state index contributed by atoms with van der Waals surface area (Å²) in [5, 5.41) is 19.6. The highest BCUT2D eigenvalue weighted by molar-refractivity contribution is 7.18. The minimum Gasteiger partial charge on any atom is -0.390 e. The first-order chi connectivity index (χ1) is 12.1. The first-order valence-corrected chi connectivity index (χ1v) is 9.25. The minimum absolute atomic E-state index is 0.243. The summed E-state index contributed by atoms with van der Waals surface area (Å²) in [6.07, 6.45) is 3.13. The summed E-state index contributed by atoms with van der Waals surface area (Å²) >= 11 is 1.22. The molecule has 0 unspecified atom stereocenters. The van der Waals surface area contributed by atoms with E-state index in [2.05, 4.69) is 15.5 Å². The Labute approximate surface area is 153 Å². The van der Waals surface area contributed by atoms with Gasteiger partial charge in [0.2, 0.25) is 0 Å². The lowest BCUT2D eigenvalue weighted by Crippen LogP contribution is -2.49. The number of halogens is 2. The fraction of sp³-hybridized carbons (Fsp3) is 0.529. The molecule has 3 N–H and O–H groups in total. The molecule has 0 saturated carbocycles. The molecule has 4 rings (SSSR count). The van der Waals surface area contributed by atoms with Gasteiger partial charge in [-0.2, -0.15) is 5.10 Å². The molecule has 2 aromatic heterocycles. The van der Waals surface area contributed by atoms with Crippen molar-refractivity contribution in [2.24, 2.45) is 0 Å². The number of aliphatic hydroxyl groups is 1. The SMILES string of the molecule is CC(C)(O)C[C@H]1CN2CC(F)(F)Cc3c(-c4cn[nH]c4)sc(c32)C(=O)N1. The van der Waals surface area contributed by atoms with Crippen LogP contribution in [0.3, 0.4) is 0 Å². The number of anilines is 1. The lowest BCUT2D eigenvalue weighted by Gasteiger charge is -2.36. The molecule has 0 aromatic carbocycles. The van der Waals surface area contributed by atoms with Crippen molar-refractivity contribution >= 4 is 22.9 Å². The molecule has 140 valence electrons. The maximum Gasteiger partial charge on any atom is 0.269 e. The molecule has 26 heavy (non-hydrogen) atoms. The number of alkyl halides is 2. The first-order valence-electron chi connectivity index (χ1n) is 8.44. The fourth-order valence-corrected chi connectivity index (χ4v) is 5.05. The summed E-state index contributed by atoms with van der Waals surface area (Å²) in [5.41, 5.74) is 0.810. The highest BCUT2D eigenvalue weighted by Crippen LogP contribution is 2.48. The molecule has 0 aliphatic carbocycles. The van der Waals surface area contributed by atoms with Gasteiger partial charge in [0.1, 0.15) is 4.88 Å². The van der Waals surface area contributed by atoms with Crippen LogP contribution in [0.25, 0.3) is 10.4 Å². The summed E-state index contributed by atoms with van der Waals surface area (Å²) in [6.45, 7) is 3.11. The Hall–Kier alpha value is -2.00. The van der Waals surface area contributed by atoms with Crippen LogP contribution in [0.4, 0.5) is 14.5 Å². The number of nitrogens with zero attached hydrogens (tertiary/aromatic N) is 2. The van der Waals surface area contributed by atoms with E-state index in [-0.39, 0.29) is 18.9 Å². The molecule has 0 fully saturated rings. The largest absolute Gasteiger partial charge is 0.390 e. The standard InChI is InChI=1S/C17H20F2N4O2S/c1-16(2,25)3-10-7-23-8-17(18,19)4-11-12(23)14(15(24)22-10)26-13(11)9-5-20-21-6-9/h5-6,10,25H,3-4,7-8H2,1-2H3,(H,20,21)(H,22,24)/t10-/m0/s1. The molecular weight excluding hydrogens is 362 g/mol. The number of carbonyl (C=O) groups excluding carboxylic acids is 1. The maximum absolute atomic E-state index is 14.5. The Bertz CT molecular complexity index is 842. The number of aromatic nitrogens is 2. The van der Waals surface area contributed by atoms with E-state index in [1.807, 2.05) is 0 Å². The molecule has 0 bridgehead atoms. The number of aromatic amines is 1. The third-order valence-corrected chi connectivity index (χ3v) is 5.91. The summed E-state index contributed by atoms with van der Waals surface area (Å²) in [7, 11) is 0. The van der Waals surface area contributed by atoms with Crippen LogP contribution in [-0.2, 0) is 6.42 Å². The first kappa shape index (κ1) is 17.4. The molecule has 1 atom stereocenters. The second-order valence-electron chi connectivity index (χ2n) is 7.67. The predicted molar refractivity (Wildman–Crippen MR) is 94.9 cm³/mol. The van der Waals surface area contributed by atoms with Gasteiger partial charge in [0.15, 0.2) is 0 Å². The number of carbonyl (C=O) groups is 1. The fourth-order valence-electron chi connectivity index (χ4n) is 3.83. The van der Waals surface area contributed by atoms with E-state index in [1.54, 1.807) is 31.1 Å². The van der Waals surface area contributed by atoms with Crippen molar-refractivity contribution < 1.29 is 18.7 Å². The van der Waals surface area contributed by atoms with Crippen molar-refractivity contribution in [3.8, 4) is 10.4 Å². The third kappa shape index (κ3) is 3.09. The third-order valence-electron chi connectivity index (χ3n) is 4.64. The molecule has 4 heterocycles. The number of amides is 1. The summed E-state index contributed by atoms with van der Waals surface area (Å²) < 4.78 is 28.9. The van der Waals surface area contributed by atoms with E-state index in [9.17, 15) is 18.7 Å². The normalized spacial score (nSPS) is 22.0. The second kappa shape index (κ2) is 5.75. The van der Waals surface area contributed by atoms with Gasteiger partial charge in [-0.05, 0) is 20.3 Å². The molecule has 2 aromatic rings. The monoisotopic (exact) mass is 382 g/mol. The molecule has 0 saturated heterocycles. The van der Waals surface area contributed by atoms with Crippen LogP contribution in [0.2, 0.25) is 0 Å². The topological polar surface area (TPSA) is 81.2 Å². The van der Waals surface area contributed by atoms with Crippen LogP contribution in [0.1, 0.15) is 35.5 Å². The summed E-state index contributed by atoms with van der Waals surface area (Å²) in [4.78, 5) is 15.5. The molecule has 2 aliphatic heterocycles. The highest BCUT2D eigenvalue weighted by Gasteiger charge is 2.45. The van der Waals surface area contributed by atoms with E-state index in [1.165, 1.54) is 11.3 Å². The van der Waals surface area contributed by atoms with Crippen LogP contribution >= 0.6 is 11.3 Å². The number of hydrogen-bond donors (Lipinski definition) is 3. The average Bonchev–Trinajstić information content (AvgIpc) is 3.08. The zero-order chi connectivity index (χ0) is 18.7. The van der Waals surface area contributed by atoms with Crippen molar-refractivity contribution in [3.63, 3.8) is 0 Å². The number of nitrogens with one attached hydrogen (secondary N) is 2. The minimum atomic E-state index is -2.88. The van der Waals surface area contributed by atoms with Gasteiger partial charge in [0.25, 0.3) is 11.8 Å². The van der Waals surface area contributed by atoms with E-state index in [0.29, 0.717) is 33.0 Å². The lowest BCUT2D eigenvalue weighted by molar-refractivity contribution is 0.00486. The summed E-state index contributed by atoms with van der Waals surface area (Å²) in [5.74, 6) is -3.15. The lowest BCUT2D eigenvalue weighted by atomic mass is 9.96. The van der Waals surface area contributed by atoms with Gasteiger partial charge >= 0.3 is 0 Å². The number of hydrogen-bond acceptors (Lipinski definition) is 5. The van der Waals surface area contributed by atoms with Crippen LogP contribution in [-0.4, -0.2) is 51.9 Å². The van der Waals surface area contributed by atoms with Crippen LogP contribution in [0.15, 0.2) is 12.4 Å². The van der Waals surface area contributed by atoms with Gasteiger partial charge < -0.3 is 15.3 Å². The van der Waals surface area contributed by atoms with Gasteiger partial charge in [-0.1, -0.05) is 0 Å². The number of H-pyrrole nitrogens is 1. The zero-order valence-electron chi connectivity index (χ0n) is 14.5. The second-order valence-corrected chi connectivity index (χ2v) is 8.70. The Morgan fingerprint density at radius 1 is 1.46 bits per heavy atom. The maximum atomic E-state index is 14.5. The molecule has 0 spiro atoms. The predicted octanol–water partition coefficient (Wildman–Crippen LogP) is 2.41. The smallest absolute Gasteiger partial charge is 0.269 e. The van der Waals surface area contributed by atoms with Crippen LogP contribution in [0, 0.1) is 0 Å². The molecule has 1 amide bonds. The molecule has 9 heteroatoms. The van der Waals surface area contributed by atoms with E-state index >= 15 is 0 Å². The van der Waals surface area contributed by atoms with E-state index < -0.39 is 24.1 Å². The Balaban J connectivity index is 1.80. The zero-order valence-corrected chi connectivity index (χ0v) is 15.3. The average molecular weight is 382 g/mol. The van der Waals surface area contributed by atoms with Crippen molar-refractivity contribution in [1.82, 2.24) is 15.5 Å². The summed E-state index contributed by atoms with van der Waals surface area (Å²) in [6, 6.07) is -0.402. The quantitative estimate of drug-likeness (QED) is 0.762. The van der Waals surface area contributed by atoms with Gasteiger partial charge in [-0.3, -0.25) is 9.89 Å². The number of rotatable bonds is 3. The van der Waals surface area contributed by atoms with Crippen molar-refractivity contribution in [2.75, 3.05) is 18.0 Å². The molecule has 0 radical (unpaired) electrons. The Morgan fingerprint density at radius 3 is 2.88 bits per heavy atom. The van der Waals surface area contributed by atoms with Gasteiger partial charge in [-0.15, -0.1) is 11.3 Å². The van der Waals surface area contributed by atoms with Crippen LogP contribution in [0.5, 0.6) is 0 Å². The van der Waals surface area contributed by atoms with E-state index in [0.717, 1.165) is 0 Å².